The standard InChI is InChI=1S/C20H21N5O3/c1-28-13-7-5-12(6-8-13)15-14(11-21)18(26)22-17-16(15)19(27)24-20(23-17)25-9-3-2-4-10-25/h5-8,14-15H,2-4,9-10H2,1H3,(H2,22,23,24,26,27)/t14-,15+/m1/s1. The second-order valence-electron chi connectivity index (χ2n) is 7.05. The molecule has 1 aromatic carbocycles. The van der Waals surface area contributed by atoms with Gasteiger partial charge >= 0.3 is 0 Å². The van der Waals surface area contributed by atoms with Crippen LogP contribution in [-0.4, -0.2) is 36.1 Å². The number of amides is 1. The van der Waals surface area contributed by atoms with E-state index in [0.29, 0.717) is 22.8 Å². The zero-order valence-electron chi connectivity index (χ0n) is 15.6. The molecule has 1 fully saturated rings. The molecule has 8 heteroatoms. The van der Waals surface area contributed by atoms with Crippen LogP contribution >= 0.6 is 0 Å². The quantitative estimate of drug-likeness (QED) is 0.844. The molecule has 2 aliphatic rings. The van der Waals surface area contributed by atoms with Crippen LogP contribution in [0, 0.1) is 17.2 Å². The molecule has 0 radical (unpaired) electrons. The first-order valence-electron chi connectivity index (χ1n) is 9.36. The van der Waals surface area contributed by atoms with E-state index in [2.05, 4.69) is 15.3 Å². The number of H-pyrrole nitrogens is 1. The van der Waals surface area contributed by atoms with Crippen LogP contribution in [0.4, 0.5) is 11.8 Å². The highest BCUT2D eigenvalue weighted by Crippen LogP contribution is 2.38. The minimum absolute atomic E-state index is 0.238. The van der Waals surface area contributed by atoms with Crippen LogP contribution in [0.3, 0.4) is 0 Å². The number of nitrogens with one attached hydrogen (secondary N) is 2. The fourth-order valence-corrected chi connectivity index (χ4v) is 3.93. The van der Waals surface area contributed by atoms with E-state index in [1.54, 1.807) is 31.4 Å². The molecule has 4 rings (SSSR count). The lowest BCUT2D eigenvalue weighted by atomic mass is 9.79. The summed E-state index contributed by atoms with van der Waals surface area (Å²) in [6, 6.07) is 9.09. The Balaban J connectivity index is 1.81. The van der Waals surface area contributed by atoms with Crippen LogP contribution in [0.1, 0.15) is 36.3 Å². The van der Waals surface area contributed by atoms with Gasteiger partial charge in [0.05, 0.1) is 18.7 Å². The number of carbonyl (C=O) groups is 1. The summed E-state index contributed by atoms with van der Waals surface area (Å²) in [4.78, 5) is 35.0. The smallest absolute Gasteiger partial charge is 0.258 e. The Morgan fingerprint density at radius 1 is 1.18 bits per heavy atom. The van der Waals surface area contributed by atoms with Crippen molar-refractivity contribution < 1.29 is 9.53 Å². The van der Waals surface area contributed by atoms with Crippen molar-refractivity contribution in [2.45, 2.75) is 25.2 Å². The second kappa shape index (κ2) is 7.35. The molecule has 0 aliphatic carbocycles. The highest BCUT2D eigenvalue weighted by molar-refractivity contribution is 5.98. The maximum Gasteiger partial charge on any atom is 0.258 e. The van der Waals surface area contributed by atoms with Gasteiger partial charge in [-0.05, 0) is 37.0 Å². The number of benzene rings is 1. The summed E-state index contributed by atoms with van der Waals surface area (Å²) in [5.41, 5.74) is 0.685. The van der Waals surface area contributed by atoms with Crippen molar-refractivity contribution in [3.8, 4) is 11.8 Å². The number of aromatic amines is 1. The normalized spacial score (nSPS) is 21.4. The molecule has 28 heavy (non-hydrogen) atoms. The molecule has 1 aromatic heterocycles. The van der Waals surface area contributed by atoms with Crippen molar-refractivity contribution in [1.82, 2.24) is 9.97 Å². The Morgan fingerprint density at radius 3 is 2.54 bits per heavy atom. The Labute approximate surface area is 162 Å². The summed E-state index contributed by atoms with van der Waals surface area (Å²) in [5, 5.41) is 12.3. The minimum Gasteiger partial charge on any atom is -0.497 e. The first kappa shape index (κ1) is 18.0. The topological polar surface area (TPSA) is 111 Å². The van der Waals surface area contributed by atoms with E-state index in [-0.39, 0.29) is 11.4 Å². The van der Waals surface area contributed by atoms with Crippen molar-refractivity contribution in [2.75, 3.05) is 30.4 Å². The molecule has 0 unspecified atom stereocenters. The molecular weight excluding hydrogens is 358 g/mol. The zero-order chi connectivity index (χ0) is 19.7. The molecule has 2 N–H and O–H groups in total. The van der Waals surface area contributed by atoms with Gasteiger partial charge in [-0.1, -0.05) is 12.1 Å². The largest absolute Gasteiger partial charge is 0.497 e. The summed E-state index contributed by atoms with van der Waals surface area (Å²) in [5.74, 6) is -0.783. The fourth-order valence-electron chi connectivity index (χ4n) is 3.93. The molecule has 2 aromatic rings. The SMILES string of the molecule is COc1ccc([C@@H]2c3c(nc(N4CCCCC4)[nH]c3=O)NC(=O)[C@@H]2C#N)cc1. The van der Waals surface area contributed by atoms with Crippen molar-refractivity contribution in [3.63, 3.8) is 0 Å². The van der Waals surface area contributed by atoms with E-state index in [4.69, 9.17) is 4.74 Å². The number of aromatic nitrogens is 2. The van der Waals surface area contributed by atoms with Crippen molar-refractivity contribution in [1.29, 1.82) is 5.26 Å². The van der Waals surface area contributed by atoms with Gasteiger partial charge in [0.25, 0.3) is 5.56 Å². The number of ether oxygens (including phenoxy) is 1. The van der Waals surface area contributed by atoms with Gasteiger partial charge in [0, 0.05) is 19.0 Å². The van der Waals surface area contributed by atoms with E-state index < -0.39 is 17.7 Å². The average Bonchev–Trinajstić information content (AvgIpc) is 2.73. The van der Waals surface area contributed by atoms with Crippen LogP contribution in [0.15, 0.2) is 29.1 Å². The molecule has 8 nitrogen and oxygen atoms in total. The maximum atomic E-state index is 13.0. The maximum absolute atomic E-state index is 13.0. The molecule has 0 bridgehead atoms. The summed E-state index contributed by atoms with van der Waals surface area (Å²) >= 11 is 0. The predicted octanol–water partition coefficient (Wildman–Crippen LogP) is 1.99. The van der Waals surface area contributed by atoms with Crippen LogP contribution < -0.4 is 20.5 Å². The summed E-state index contributed by atoms with van der Waals surface area (Å²) in [7, 11) is 1.56. The van der Waals surface area contributed by atoms with Gasteiger partial charge in [-0.15, -0.1) is 0 Å². The van der Waals surface area contributed by atoms with Crippen LogP contribution in [-0.2, 0) is 4.79 Å². The number of fused-ring (bicyclic) bond motifs is 1. The highest BCUT2D eigenvalue weighted by Gasteiger charge is 2.40. The van der Waals surface area contributed by atoms with Crippen LogP contribution in [0.2, 0.25) is 0 Å². The van der Waals surface area contributed by atoms with E-state index in [1.165, 1.54) is 0 Å². The second-order valence-corrected chi connectivity index (χ2v) is 7.05. The van der Waals surface area contributed by atoms with E-state index in [9.17, 15) is 14.9 Å². The third-order valence-electron chi connectivity index (χ3n) is 5.38. The fraction of sp³-hybridized carbons (Fsp3) is 0.400. The van der Waals surface area contributed by atoms with Gasteiger partial charge in [-0.3, -0.25) is 14.6 Å². The monoisotopic (exact) mass is 379 g/mol. The number of anilines is 2. The summed E-state index contributed by atoms with van der Waals surface area (Å²) in [6.45, 7) is 1.64. The lowest BCUT2D eigenvalue weighted by molar-refractivity contribution is -0.119. The molecular formula is C20H21N5O3. The number of hydrogen-bond acceptors (Lipinski definition) is 6. The molecule has 0 spiro atoms. The van der Waals surface area contributed by atoms with Crippen molar-refractivity contribution in [2.24, 2.45) is 5.92 Å². The first-order valence-corrected chi connectivity index (χ1v) is 9.36. The molecule has 2 aliphatic heterocycles. The first-order chi connectivity index (χ1) is 13.6. The number of methoxy groups -OCH3 is 1. The Hall–Kier alpha value is -3.34. The number of carbonyl (C=O) groups excluding carboxylic acids is 1. The lowest BCUT2D eigenvalue weighted by Gasteiger charge is -2.31. The van der Waals surface area contributed by atoms with Gasteiger partial charge < -0.3 is 15.0 Å². The van der Waals surface area contributed by atoms with Crippen molar-refractivity contribution in [3.05, 3.63) is 45.7 Å². The van der Waals surface area contributed by atoms with Gasteiger partial charge in [-0.2, -0.15) is 10.2 Å². The predicted molar refractivity (Wildman–Crippen MR) is 103 cm³/mol. The van der Waals surface area contributed by atoms with Crippen LogP contribution in [0.5, 0.6) is 5.75 Å². The molecule has 1 amide bonds. The molecule has 0 saturated carbocycles. The number of nitrogens with zero attached hydrogens (tertiary/aromatic N) is 3. The van der Waals surface area contributed by atoms with Gasteiger partial charge in [0.15, 0.2) is 0 Å². The summed E-state index contributed by atoms with van der Waals surface area (Å²) in [6.07, 6.45) is 3.24. The summed E-state index contributed by atoms with van der Waals surface area (Å²) < 4.78 is 5.18. The number of hydrogen-bond donors (Lipinski definition) is 2. The molecule has 144 valence electrons. The Morgan fingerprint density at radius 2 is 1.89 bits per heavy atom. The number of rotatable bonds is 3. The van der Waals surface area contributed by atoms with Crippen molar-refractivity contribution >= 4 is 17.7 Å². The van der Waals surface area contributed by atoms with Gasteiger partial charge in [0.2, 0.25) is 11.9 Å². The third kappa shape index (κ3) is 3.09. The number of nitriles is 1. The van der Waals surface area contributed by atoms with E-state index >= 15 is 0 Å². The van der Waals surface area contributed by atoms with Crippen LogP contribution in [0.25, 0.3) is 0 Å². The number of piperidine rings is 1. The van der Waals surface area contributed by atoms with E-state index in [1.807, 2.05) is 11.0 Å². The minimum atomic E-state index is -1.01. The van der Waals surface area contributed by atoms with Gasteiger partial charge in [0.1, 0.15) is 17.5 Å². The highest BCUT2D eigenvalue weighted by atomic mass is 16.5. The average molecular weight is 379 g/mol. The molecule has 1 saturated heterocycles. The third-order valence-corrected chi connectivity index (χ3v) is 5.38. The lowest BCUT2D eigenvalue weighted by Crippen LogP contribution is -2.40. The Bertz CT molecular complexity index is 986. The van der Waals surface area contributed by atoms with Gasteiger partial charge in [-0.25, -0.2) is 0 Å². The molecule has 2 atom stereocenters. The van der Waals surface area contributed by atoms with E-state index in [0.717, 1.165) is 32.4 Å². The zero-order valence-corrected chi connectivity index (χ0v) is 15.6. The Kier molecular flexibility index (Phi) is 4.74. The molecule has 3 heterocycles.